The molecule has 18 heavy (non-hydrogen) atoms. The third-order valence-electron chi connectivity index (χ3n) is 3.47. The number of rotatable bonds is 2. The van der Waals surface area contributed by atoms with Gasteiger partial charge in [0.15, 0.2) is 0 Å². The van der Waals surface area contributed by atoms with E-state index in [1.54, 1.807) is 0 Å². The van der Waals surface area contributed by atoms with E-state index in [4.69, 9.17) is 5.73 Å². The third kappa shape index (κ3) is 2.39. The topological polar surface area (TPSA) is 46.2 Å². The maximum atomic E-state index is 10.4. The fourth-order valence-corrected chi connectivity index (χ4v) is 1.96. The van der Waals surface area contributed by atoms with Crippen LogP contribution in [-0.2, 0) is 0 Å². The van der Waals surface area contributed by atoms with Gasteiger partial charge in [-0.15, -0.1) is 0 Å². The lowest BCUT2D eigenvalue weighted by Gasteiger charge is -2.14. The summed E-state index contributed by atoms with van der Waals surface area (Å²) < 4.78 is 0. The van der Waals surface area contributed by atoms with Crippen molar-refractivity contribution in [2.45, 2.75) is 26.9 Å². The summed E-state index contributed by atoms with van der Waals surface area (Å²) in [6, 6.07) is 11.7. The number of hydrogen-bond donors (Lipinski definition) is 2. The van der Waals surface area contributed by atoms with E-state index in [0.29, 0.717) is 0 Å². The van der Waals surface area contributed by atoms with Crippen LogP contribution in [0.1, 0.15) is 33.9 Å². The van der Waals surface area contributed by atoms with E-state index in [0.717, 1.165) is 22.4 Å². The van der Waals surface area contributed by atoms with Crippen molar-refractivity contribution in [2.75, 3.05) is 5.73 Å². The first-order valence-electron chi connectivity index (χ1n) is 6.10. The molecule has 0 radical (unpaired) electrons. The third-order valence-corrected chi connectivity index (χ3v) is 3.47. The van der Waals surface area contributed by atoms with E-state index in [-0.39, 0.29) is 0 Å². The zero-order chi connectivity index (χ0) is 13.3. The first kappa shape index (κ1) is 12.7. The van der Waals surface area contributed by atoms with E-state index in [1.807, 2.05) is 43.3 Å². The molecule has 0 aromatic heterocycles. The number of aliphatic hydroxyl groups excluding tert-OH is 1. The second-order valence-corrected chi connectivity index (χ2v) is 4.86. The Balaban J connectivity index is 2.37. The summed E-state index contributed by atoms with van der Waals surface area (Å²) in [4.78, 5) is 0. The van der Waals surface area contributed by atoms with Gasteiger partial charge in [-0.25, -0.2) is 0 Å². The minimum Gasteiger partial charge on any atom is -0.399 e. The Hall–Kier alpha value is -1.80. The zero-order valence-corrected chi connectivity index (χ0v) is 11.1. The van der Waals surface area contributed by atoms with Crippen LogP contribution in [0.2, 0.25) is 0 Å². The van der Waals surface area contributed by atoms with Gasteiger partial charge in [0.1, 0.15) is 6.10 Å². The first-order valence-corrected chi connectivity index (χ1v) is 6.10. The van der Waals surface area contributed by atoms with Gasteiger partial charge in [-0.1, -0.05) is 30.3 Å². The highest BCUT2D eigenvalue weighted by molar-refractivity contribution is 5.50. The van der Waals surface area contributed by atoms with E-state index < -0.39 is 6.10 Å². The number of aliphatic hydroxyl groups is 1. The van der Waals surface area contributed by atoms with Gasteiger partial charge in [0.25, 0.3) is 0 Å². The maximum absolute atomic E-state index is 10.4. The molecule has 0 saturated heterocycles. The molecular formula is C16H19NO. The van der Waals surface area contributed by atoms with Crippen LogP contribution in [0.4, 0.5) is 5.69 Å². The second kappa shape index (κ2) is 4.83. The molecule has 0 aliphatic rings. The monoisotopic (exact) mass is 241 g/mol. The van der Waals surface area contributed by atoms with Crippen molar-refractivity contribution >= 4 is 5.69 Å². The molecule has 2 nitrogen and oxygen atoms in total. The summed E-state index contributed by atoms with van der Waals surface area (Å²) in [7, 11) is 0. The highest BCUT2D eigenvalue weighted by atomic mass is 16.3. The Labute approximate surface area is 108 Å². The van der Waals surface area contributed by atoms with Crippen LogP contribution >= 0.6 is 0 Å². The summed E-state index contributed by atoms with van der Waals surface area (Å²) in [5.74, 6) is 0. The maximum Gasteiger partial charge on any atom is 0.104 e. The number of anilines is 1. The van der Waals surface area contributed by atoms with Gasteiger partial charge in [-0.05, 0) is 54.7 Å². The summed E-state index contributed by atoms with van der Waals surface area (Å²) in [5, 5.41) is 10.4. The van der Waals surface area contributed by atoms with E-state index in [1.165, 1.54) is 11.1 Å². The van der Waals surface area contributed by atoms with Crippen LogP contribution in [0, 0.1) is 20.8 Å². The Bertz CT molecular complexity index is 524. The number of nitrogens with two attached hydrogens (primary N) is 1. The lowest BCUT2D eigenvalue weighted by atomic mass is 9.97. The van der Waals surface area contributed by atoms with Crippen LogP contribution in [0.3, 0.4) is 0 Å². The van der Waals surface area contributed by atoms with E-state index in [2.05, 4.69) is 13.8 Å². The zero-order valence-electron chi connectivity index (χ0n) is 11.1. The second-order valence-electron chi connectivity index (χ2n) is 4.86. The molecule has 3 N–H and O–H groups in total. The number of hydrogen-bond acceptors (Lipinski definition) is 2. The largest absolute Gasteiger partial charge is 0.399 e. The van der Waals surface area contributed by atoms with Crippen LogP contribution in [-0.4, -0.2) is 5.11 Å². The molecule has 0 fully saturated rings. The average Bonchev–Trinajstić information content (AvgIpc) is 2.35. The van der Waals surface area contributed by atoms with Crippen LogP contribution in [0.25, 0.3) is 0 Å². The molecule has 0 heterocycles. The predicted octanol–water partition coefficient (Wildman–Crippen LogP) is 3.28. The normalized spacial score (nSPS) is 12.4. The van der Waals surface area contributed by atoms with Gasteiger partial charge in [-0.2, -0.15) is 0 Å². The molecule has 0 spiro atoms. The van der Waals surface area contributed by atoms with Crippen molar-refractivity contribution in [3.63, 3.8) is 0 Å². The molecule has 0 aliphatic carbocycles. The summed E-state index contributed by atoms with van der Waals surface area (Å²) in [6.07, 6.45) is -0.618. The molecule has 0 saturated carbocycles. The fourth-order valence-electron chi connectivity index (χ4n) is 1.96. The lowest BCUT2D eigenvalue weighted by Crippen LogP contribution is -2.02. The molecular weight excluding hydrogens is 222 g/mol. The Morgan fingerprint density at radius 3 is 1.94 bits per heavy atom. The van der Waals surface area contributed by atoms with Crippen LogP contribution in [0.15, 0.2) is 36.4 Å². The molecule has 0 aliphatic heterocycles. The quantitative estimate of drug-likeness (QED) is 0.793. The highest BCUT2D eigenvalue weighted by Gasteiger charge is 2.11. The summed E-state index contributed by atoms with van der Waals surface area (Å²) >= 11 is 0. The Morgan fingerprint density at radius 2 is 1.39 bits per heavy atom. The molecule has 0 bridgehead atoms. The molecule has 94 valence electrons. The smallest absolute Gasteiger partial charge is 0.104 e. The van der Waals surface area contributed by atoms with Gasteiger partial charge in [0, 0.05) is 5.69 Å². The van der Waals surface area contributed by atoms with Crippen molar-refractivity contribution in [1.29, 1.82) is 0 Å². The Kier molecular flexibility index (Phi) is 3.39. The molecule has 2 heteroatoms. The van der Waals surface area contributed by atoms with Crippen molar-refractivity contribution < 1.29 is 5.11 Å². The van der Waals surface area contributed by atoms with Crippen LogP contribution < -0.4 is 5.73 Å². The number of aryl methyl sites for hydroxylation is 3. The first-order chi connectivity index (χ1) is 8.49. The van der Waals surface area contributed by atoms with Crippen molar-refractivity contribution in [1.82, 2.24) is 0 Å². The van der Waals surface area contributed by atoms with Crippen molar-refractivity contribution in [3.05, 3.63) is 64.2 Å². The minimum atomic E-state index is -0.618. The van der Waals surface area contributed by atoms with Gasteiger partial charge >= 0.3 is 0 Å². The van der Waals surface area contributed by atoms with Gasteiger partial charge < -0.3 is 10.8 Å². The minimum absolute atomic E-state index is 0.618. The number of benzene rings is 2. The molecule has 2 aromatic rings. The van der Waals surface area contributed by atoms with Gasteiger partial charge in [0.2, 0.25) is 0 Å². The fraction of sp³-hybridized carbons (Fsp3) is 0.250. The van der Waals surface area contributed by atoms with Gasteiger partial charge in [-0.3, -0.25) is 0 Å². The van der Waals surface area contributed by atoms with Crippen LogP contribution in [0.5, 0.6) is 0 Å². The molecule has 2 aromatic carbocycles. The molecule has 2 rings (SSSR count). The lowest BCUT2D eigenvalue weighted by molar-refractivity contribution is 0.220. The van der Waals surface area contributed by atoms with E-state index in [9.17, 15) is 5.11 Å². The average molecular weight is 241 g/mol. The van der Waals surface area contributed by atoms with E-state index >= 15 is 0 Å². The predicted molar refractivity (Wildman–Crippen MR) is 75.6 cm³/mol. The Morgan fingerprint density at radius 1 is 0.833 bits per heavy atom. The molecule has 0 amide bonds. The van der Waals surface area contributed by atoms with Gasteiger partial charge in [0.05, 0.1) is 0 Å². The standard InChI is InChI=1S/C16H19NO/c1-10-4-6-13(8-12(10)3)16(18)14-7-5-11(2)15(17)9-14/h4-9,16,18H,17H2,1-3H3/t16-/m1/s1. The SMILES string of the molecule is Cc1ccc([C@@H](O)c2ccc(C)c(N)c2)cc1C. The number of nitrogen functional groups attached to an aromatic ring is 1. The van der Waals surface area contributed by atoms with Crippen molar-refractivity contribution in [3.8, 4) is 0 Å². The van der Waals surface area contributed by atoms with Crippen molar-refractivity contribution in [2.24, 2.45) is 0 Å². The molecule has 0 unspecified atom stereocenters. The molecule has 1 atom stereocenters. The highest BCUT2D eigenvalue weighted by Crippen LogP contribution is 2.26. The summed E-state index contributed by atoms with van der Waals surface area (Å²) in [5.41, 5.74) is 11.8. The summed E-state index contributed by atoms with van der Waals surface area (Å²) in [6.45, 7) is 6.08.